The number of carbonyl (C=O) groups is 2. The molecule has 8 nitrogen and oxygen atoms in total. The van der Waals surface area contributed by atoms with Gasteiger partial charge in [0.2, 0.25) is 5.76 Å². The fourth-order valence-corrected chi connectivity index (χ4v) is 4.09. The van der Waals surface area contributed by atoms with Gasteiger partial charge in [0.25, 0.3) is 0 Å². The Balaban J connectivity index is 1.83. The van der Waals surface area contributed by atoms with E-state index in [0.29, 0.717) is 13.2 Å². The van der Waals surface area contributed by atoms with Gasteiger partial charge in [0, 0.05) is 12.2 Å². The molecule has 1 atom stereocenters. The first-order chi connectivity index (χ1) is 15.0. The van der Waals surface area contributed by atoms with Gasteiger partial charge >= 0.3 is 11.9 Å². The Hall–Kier alpha value is -3.52. The molecular weight excluding hydrogens is 400 g/mol. The summed E-state index contributed by atoms with van der Waals surface area (Å²) >= 11 is 0. The number of hydroxylamine groups is 2. The monoisotopic (exact) mass is 424 g/mol. The minimum Gasteiger partial charge on any atom is -0.497 e. The summed E-state index contributed by atoms with van der Waals surface area (Å²) in [4.78, 5) is 33.6. The molecule has 0 bridgehead atoms. The van der Waals surface area contributed by atoms with Crippen molar-refractivity contribution in [2.75, 3.05) is 38.9 Å². The van der Waals surface area contributed by atoms with Gasteiger partial charge in [-0.1, -0.05) is 30.3 Å². The Morgan fingerprint density at radius 1 is 1.03 bits per heavy atom. The first kappa shape index (κ1) is 20.7. The summed E-state index contributed by atoms with van der Waals surface area (Å²) in [7, 11) is 2.90. The number of anilines is 1. The highest BCUT2D eigenvalue weighted by atomic mass is 16.7. The molecule has 0 spiro atoms. The molecule has 2 aliphatic heterocycles. The van der Waals surface area contributed by atoms with Crippen molar-refractivity contribution in [2.24, 2.45) is 0 Å². The van der Waals surface area contributed by atoms with Gasteiger partial charge in [-0.25, -0.2) is 9.59 Å². The third-order valence-electron chi connectivity index (χ3n) is 5.53. The number of hydrogen-bond donors (Lipinski definition) is 0. The quantitative estimate of drug-likeness (QED) is 0.655. The van der Waals surface area contributed by atoms with Crippen molar-refractivity contribution in [1.29, 1.82) is 0 Å². The van der Waals surface area contributed by atoms with E-state index < -0.39 is 17.5 Å². The van der Waals surface area contributed by atoms with Crippen LogP contribution in [0.3, 0.4) is 0 Å². The van der Waals surface area contributed by atoms with E-state index in [1.165, 1.54) is 7.11 Å². The number of ether oxygens (including phenoxy) is 3. The summed E-state index contributed by atoms with van der Waals surface area (Å²) in [5.74, 6) is -0.710. The average Bonchev–Trinajstić information content (AvgIpc) is 3.33. The maximum absolute atomic E-state index is 13.0. The van der Waals surface area contributed by atoms with Gasteiger partial charge in [0.05, 0.1) is 20.8 Å². The highest BCUT2D eigenvalue weighted by Gasteiger charge is 2.60. The zero-order valence-electron chi connectivity index (χ0n) is 17.7. The van der Waals surface area contributed by atoms with Crippen molar-refractivity contribution in [1.82, 2.24) is 5.06 Å². The lowest BCUT2D eigenvalue weighted by Crippen LogP contribution is -2.42. The molecule has 1 fully saturated rings. The molecule has 8 heteroatoms. The third-order valence-corrected chi connectivity index (χ3v) is 5.53. The summed E-state index contributed by atoms with van der Waals surface area (Å²) in [6.45, 7) is 2.56. The van der Waals surface area contributed by atoms with Gasteiger partial charge in [-0.3, -0.25) is 0 Å². The average molecular weight is 424 g/mol. The van der Waals surface area contributed by atoms with Crippen LogP contribution >= 0.6 is 0 Å². The molecule has 2 aromatic rings. The molecular formula is C23H24N2O6. The second-order valence-electron chi connectivity index (χ2n) is 7.15. The Morgan fingerprint density at radius 2 is 1.74 bits per heavy atom. The smallest absolute Gasteiger partial charge is 0.376 e. The zero-order valence-corrected chi connectivity index (χ0v) is 17.7. The standard InChI is InChI=1S/C23H24N2O6/c1-4-30-22(27)20-19(21(26)29-3)23(16-8-6-5-7-9-16)14-24(15-25(23)31-20)17-10-12-18(28-2)13-11-17/h5-13H,4,14-15H2,1-3H3/t23-/m0/s1. The molecule has 1 saturated heterocycles. The van der Waals surface area contributed by atoms with E-state index in [9.17, 15) is 9.59 Å². The fraction of sp³-hybridized carbons (Fsp3) is 0.304. The summed E-state index contributed by atoms with van der Waals surface area (Å²) in [5.41, 5.74) is 0.841. The van der Waals surface area contributed by atoms with E-state index in [0.717, 1.165) is 17.0 Å². The van der Waals surface area contributed by atoms with E-state index in [4.69, 9.17) is 19.0 Å². The van der Waals surface area contributed by atoms with Crippen LogP contribution in [-0.2, 0) is 29.4 Å². The van der Waals surface area contributed by atoms with Gasteiger partial charge in [-0.2, -0.15) is 0 Å². The Kier molecular flexibility index (Phi) is 5.56. The van der Waals surface area contributed by atoms with Crippen molar-refractivity contribution in [2.45, 2.75) is 12.5 Å². The van der Waals surface area contributed by atoms with Crippen molar-refractivity contribution in [3.63, 3.8) is 0 Å². The molecule has 2 aliphatic rings. The van der Waals surface area contributed by atoms with Gasteiger partial charge in [0.15, 0.2) is 0 Å². The van der Waals surface area contributed by atoms with E-state index in [-0.39, 0.29) is 17.9 Å². The number of esters is 2. The minimum atomic E-state index is -1.03. The molecule has 2 aromatic carbocycles. The lowest BCUT2D eigenvalue weighted by atomic mass is 9.82. The predicted octanol–water partition coefficient (Wildman–Crippen LogP) is 2.61. The predicted molar refractivity (Wildman–Crippen MR) is 112 cm³/mol. The SMILES string of the molecule is CCOC(=O)C1=C(C(=O)OC)[C@@]2(c3ccccc3)CN(c3ccc(OC)cc3)CN2O1. The number of carbonyl (C=O) groups excluding carboxylic acids is 2. The Morgan fingerprint density at radius 3 is 2.35 bits per heavy atom. The summed E-state index contributed by atoms with van der Waals surface area (Å²) in [6.07, 6.45) is 0. The highest BCUT2D eigenvalue weighted by molar-refractivity contribution is 6.02. The lowest BCUT2D eigenvalue weighted by molar-refractivity contribution is -0.163. The normalized spacial score (nSPS) is 20.3. The molecule has 0 radical (unpaired) electrons. The molecule has 0 N–H and O–H groups in total. The van der Waals surface area contributed by atoms with Gasteiger partial charge < -0.3 is 23.9 Å². The molecule has 31 heavy (non-hydrogen) atoms. The first-order valence-corrected chi connectivity index (χ1v) is 9.95. The van der Waals surface area contributed by atoms with Crippen LogP contribution in [0.25, 0.3) is 0 Å². The summed E-state index contributed by atoms with van der Waals surface area (Å²) < 4.78 is 15.5. The summed E-state index contributed by atoms with van der Waals surface area (Å²) in [6, 6.07) is 17.1. The van der Waals surface area contributed by atoms with Crippen molar-refractivity contribution in [3.8, 4) is 5.75 Å². The fourth-order valence-electron chi connectivity index (χ4n) is 4.09. The largest absolute Gasteiger partial charge is 0.497 e. The molecule has 0 amide bonds. The maximum atomic E-state index is 13.0. The van der Waals surface area contributed by atoms with Gasteiger partial charge in [-0.15, -0.1) is 5.06 Å². The topological polar surface area (TPSA) is 77.5 Å². The van der Waals surface area contributed by atoms with Crippen LogP contribution < -0.4 is 9.64 Å². The molecule has 2 heterocycles. The van der Waals surface area contributed by atoms with Gasteiger partial charge in [-0.05, 0) is 36.8 Å². The second-order valence-corrected chi connectivity index (χ2v) is 7.15. The zero-order chi connectivity index (χ0) is 22.0. The van der Waals surface area contributed by atoms with Crippen molar-refractivity contribution >= 4 is 17.6 Å². The number of rotatable bonds is 6. The number of benzene rings is 2. The van der Waals surface area contributed by atoms with Crippen LogP contribution in [-0.4, -0.2) is 51.0 Å². The number of hydrogen-bond acceptors (Lipinski definition) is 8. The van der Waals surface area contributed by atoms with E-state index >= 15 is 0 Å². The highest BCUT2D eigenvalue weighted by Crippen LogP contribution is 2.49. The molecule has 0 aliphatic carbocycles. The molecule has 4 rings (SSSR count). The molecule has 0 unspecified atom stereocenters. The van der Waals surface area contributed by atoms with Gasteiger partial charge in [0.1, 0.15) is 23.5 Å². The van der Waals surface area contributed by atoms with Crippen LogP contribution in [0.4, 0.5) is 5.69 Å². The van der Waals surface area contributed by atoms with Crippen molar-refractivity contribution in [3.05, 3.63) is 71.5 Å². The van der Waals surface area contributed by atoms with E-state index in [1.807, 2.05) is 54.6 Å². The Labute approximate surface area is 180 Å². The molecule has 0 aromatic heterocycles. The van der Waals surface area contributed by atoms with Crippen molar-refractivity contribution < 1.29 is 28.6 Å². The number of fused-ring (bicyclic) bond motifs is 1. The molecule has 0 saturated carbocycles. The molecule has 162 valence electrons. The maximum Gasteiger partial charge on any atom is 0.376 e. The first-order valence-electron chi connectivity index (χ1n) is 9.95. The number of nitrogens with zero attached hydrogens (tertiary/aromatic N) is 2. The third kappa shape index (κ3) is 3.38. The minimum absolute atomic E-state index is 0.132. The van der Waals surface area contributed by atoms with E-state index in [2.05, 4.69) is 4.90 Å². The second kappa shape index (κ2) is 8.31. The van der Waals surface area contributed by atoms with Crippen LogP contribution in [0.1, 0.15) is 12.5 Å². The Bertz CT molecular complexity index is 1000. The van der Waals surface area contributed by atoms with Crippen LogP contribution in [0.15, 0.2) is 65.9 Å². The van der Waals surface area contributed by atoms with E-state index in [1.54, 1.807) is 19.1 Å². The summed E-state index contributed by atoms with van der Waals surface area (Å²) in [5, 5.41) is 1.64. The lowest BCUT2D eigenvalue weighted by Gasteiger charge is -2.30. The van der Waals surface area contributed by atoms with Crippen LogP contribution in [0, 0.1) is 0 Å². The number of methoxy groups -OCH3 is 2. The van der Waals surface area contributed by atoms with Crippen LogP contribution in [0.2, 0.25) is 0 Å². The van der Waals surface area contributed by atoms with Crippen LogP contribution in [0.5, 0.6) is 5.75 Å².